The molecule has 0 aromatic heterocycles. The van der Waals surface area contributed by atoms with E-state index in [2.05, 4.69) is 364 Å². The normalized spacial score (nSPS) is 10.2. The highest BCUT2D eigenvalue weighted by Crippen LogP contribution is 2.35. The van der Waals surface area contributed by atoms with Crippen LogP contribution < -0.4 is 63.7 Å². The lowest BCUT2D eigenvalue weighted by Crippen LogP contribution is -2.20. The number of hydrogen-bond donors (Lipinski definition) is 3. The van der Waals surface area contributed by atoms with Crippen molar-refractivity contribution in [3.8, 4) is 0 Å². The Morgan fingerprint density at radius 2 is 0.217 bits per heavy atom. The van der Waals surface area contributed by atoms with E-state index in [9.17, 15) is 0 Å². The van der Waals surface area contributed by atoms with Gasteiger partial charge in [-0.3, -0.25) is 0 Å². The van der Waals surface area contributed by atoms with Gasteiger partial charge in [-0.2, -0.15) is 0 Å². The average Bonchev–Trinajstić information content (AvgIpc) is 1.55. The van der Waals surface area contributed by atoms with Gasteiger partial charge >= 0.3 is 7.32 Å². The molecule has 0 saturated heterocycles. The van der Waals surface area contributed by atoms with E-state index in [1.807, 2.05) is 78.1 Å². The van der Waals surface area contributed by atoms with Crippen molar-refractivity contribution in [1.82, 2.24) is 14.7 Å². The summed E-state index contributed by atoms with van der Waals surface area (Å²) in [6, 6.07) is 129. The van der Waals surface area contributed by atoms with Crippen molar-refractivity contribution in [2.45, 2.75) is 0 Å². The molecule has 11 heteroatoms. The second-order valence-electron chi connectivity index (χ2n) is 21.7. The Balaban J connectivity index is 0.000000206. The Kier molecular flexibility index (Phi) is 36.4. The maximum Gasteiger partial charge on any atom is 0.631 e. The van der Waals surface area contributed by atoms with E-state index in [1.165, 1.54) is 63.7 Å². The van der Waals surface area contributed by atoms with Gasteiger partial charge in [-0.05, 0) is 159 Å². The van der Waals surface area contributed by atoms with Crippen LogP contribution in [0.2, 0.25) is 0 Å². The minimum absolute atomic E-state index is 0.446. The van der Waals surface area contributed by atoms with Gasteiger partial charge in [0.15, 0.2) is 0 Å². The molecule has 0 aliphatic rings. The highest BCUT2D eigenvalue weighted by molar-refractivity contribution is 7.81. The van der Waals surface area contributed by atoms with E-state index < -0.39 is 39.0 Å². The van der Waals surface area contributed by atoms with Crippen LogP contribution in [0.15, 0.2) is 364 Å². The molecule has 0 saturated carbocycles. The number of rotatable bonds is 12. The van der Waals surface area contributed by atoms with Crippen LogP contribution in [0.4, 0.5) is 0 Å². The van der Waals surface area contributed by atoms with E-state index in [0.717, 1.165) is 0 Å². The summed E-state index contributed by atoms with van der Waals surface area (Å²) in [4.78, 5) is 6.00. The van der Waals surface area contributed by atoms with Crippen LogP contribution in [0, 0.1) is 0 Å². The third kappa shape index (κ3) is 29.2. The molecule has 0 fully saturated rings. The van der Waals surface area contributed by atoms with Crippen LogP contribution >= 0.6 is 31.7 Å². The molecule has 12 aromatic rings. The summed E-state index contributed by atoms with van der Waals surface area (Å²) in [5.41, 5.74) is 0. The van der Waals surface area contributed by atoms with Gasteiger partial charge in [-0.15, -0.1) is 0 Å². The predicted octanol–water partition coefficient (Wildman–Crippen LogP) is 12.3. The van der Waals surface area contributed by atoms with Crippen LogP contribution in [-0.2, 0) is 0 Å². The van der Waals surface area contributed by atoms with Gasteiger partial charge in [0.1, 0.15) is 0 Å². The molecule has 0 aliphatic heterocycles. The second kappa shape index (κ2) is 44.6. The summed E-state index contributed by atoms with van der Waals surface area (Å²) in [5, 5.41) is 38.3. The zero-order chi connectivity index (χ0) is 66.0. The lowest BCUT2D eigenvalue weighted by atomic mass is 10.3. The zero-order valence-electron chi connectivity index (χ0n) is 54.7. The molecule has 0 radical (unpaired) electrons. The molecule has 0 bridgehead atoms. The highest BCUT2D eigenvalue weighted by atomic mass is 31.1. The third-order valence-electron chi connectivity index (χ3n) is 12.2. The van der Waals surface area contributed by atoms with Crippen LogP contribution in [0.5, 0.6) is 0 Å². The number of hydrogen-bond acceptors (Lipinski definition) is 6. The Morgan fingerprint density at radius 3 is 0.272 bits per heavy atom. The first-order valence-corrected chi connectivity index (χ1v) is 35.8. The van der Waals surface area contributed by atoms with Crippen LogP contribution in [0.1, 0.15) is 0 Å². The fraction of sp³-hybridized carbons (Fsp3) is 0.111. The smallest absolute Gasteiger partial charge is 0.402 e. The van der Waals surface area contributed by atoms with Gasteiger partial charge < -0.3 is 29.8 Å². The molecule has 92 heavy (non-hydrogen) atoms. The van der Waals surface area contributed by atoms with Gasteiger partial charge in [-0.25, -0.2) is 0 Å². The fourth-order valence-corrected chi connectivity index (χ4v) is 17.9. The number of nitrogens with zero attached hydrogens (tertiary/aromatic N) is 3. The van der Waals surface area contributed by atoms with E-state index in [1.54, 1.807) is 0 Å². The average molecular weight is 1290 g/mol. The van der Waals surface area contributed by atoms with Crippen molar-refractivity contribution in [2.75, 3.05) is 63.4 Å². The lowest BCUT2D eigenvalue weighted by molar-refractivity contribution is 0.278. The van der Waals surface area contributed by atoms with Crippen molar-refractivity contribution < 1.29 is 15.1 Å². The largest absolute Gasteiger partial charge is 0.631 e. The summed E-state index contributed by atoms with van der Waals surface area (Å²) < 4.78 is 0. The predicted molar refractivity (Wildman–Crippen MR) is 412 cm³/mol. The zero-order valence-corrected chi connectivity index (χ0v) is 58.3. The second-order valence-corrected chi connectivity index (χ2v) is 30.6. The van der Waals surface area contributed by atoms with Gasteiger partial charge in [0.2, 0.25) is 0 Å². The molecule has 0 heterocycles. The maximum absolute atomic E-state index is 7.17. The van der Waals surface area contributed by atoms with Crippen molar-refractivity contribution >= 4 is 103 Å². The standard InChI is InChI=1S/4C18H15P.3C3H9N.BH3O3/c4*1-4-10-16(11-5-1)19(17-12-6-2-7-13-17)18-14-8-3-9-15-18;3*1-4(2)3;2-1(3)4/h4*1-15H;3*1-3H3;2-4H. The van der Waals surface area contributed by atoms with E-state index >= 15 is 0 Å². The minimum Gasteiger partial charge on any atom is -0.402 e. The first-order valence-electron chi connectivity index (χ1n) is 30.4. The SMILES string of the molecule is CN(C)C.CN(C)C.CN(C)C.OB(O)O.c1ccc(P(c2ccccc2)c2ccccc2)cc1.c1ccc(P(c2ccccc2)c2ccccc2)cc1.c1ccc(P(c2ccccc2)c2ccccc2)cc1.c1ccc(P(c2ccccc2)c2ccccc2)cc1. The Labute approximate surface area is 556 Å². The molecule has 0 spiro atoms. The summed E-state index contributed by atoms with van der Waals surface area (Å²) >= 11 is 0. The van der Waals surface area contributed by atoms with E-state index in [4.69, 9.17) is 15.1 Å². The van der Waals surface area contributed by atoms with E-state index in [0.29, 0.717) is 0 Å². The van der Waals surface area contributed by atoms with Crippen molar-refractivity contribution in [3.63, 3.8) is 0 Å². The first kappa shape index (κ1) is 74.9. The monoisotopic (exact) mass is 1290 g/mol. The van der Waals surface area contributed by atoms with Gasteiger partial charge in [-0.1, -0.05) is 364 Å². The summed E-state index contributed by atoms with van der Waals surface area (Å²) in [6.45, 7) is 0. The minimum atomic E-state index is -2.17. The molecule has 0 amide bonds. The summed E-state index contributed by atoms with van der Waals surface area (Å²) in [5.74, 6) is 0. The number of benzene rings is 12. The van der Waals surface area contributed by atoms with Crippen molar-refractivity contribution in [2.24, 2.45) is 0 Å². The van der Waals surface area contributed by atoms with Gasteiger partial charge in [0, 0.05) is 0 Å². The fourth-order valence-electron chi connectivity index (χ4n) is 8.71. The van der Waals surface area contributed by atoms with Crippen molar-refractivity contribution in [1.29, 1.82) is 0 Å². The first-order chi connectivity index (χ1) is 44.7. The topological polar surface area (TPSA) is 70.4 Å². The lowest BCUT2D eigenvalue weighted by Gasteiger charge is -2.18. The summed E-state index contributed by atoms with van der Waals surface area (Å²) in [7, 11) is 14.0. The Morgan fingerprint density at radius 1 is 0.163 bits per heavy atom. The highest BCUT2D eigenvalue weighted by Gasteiger charge is 2.18. The third-order valence-corrected chi connectivity index (χ3v) is 21.9. The van der Waals surface area contributed by atoms with Gasteiger partial charge in [0.25, 0.3) is 0 Å². The van der Waals surface area contributed by atoms with Crippen LogP contribution in [-0.4, -0.2) is 101 Å². The Bertz CT molecular complexity index is 2800. The molecule has 3 N–H and O–H groups in total. The maximum atomic E-state index is 7.17. The molecule has 0 unspecified atom stereocenters. The molecular formula is C81H90BN3O3P4. The molecule has 6 nitrogen and oxygen atoms in total. The quantitative estimate of drug-likeness (QED) is 0.0836. The molecule has 470 valence electrons. The molecule has 12 rings (SSSR count). The van der Waals surface area contributed by atoms with Crippen LogP contribution in [0.25, 0.3) is 0 Å². The molecule has 0 atom stereocenters. The molecular weight excluding hydrogens is 1200 g/mol. The Hall–Kier alpha value is -7.82. The van der Waals surface area contributed by atoms with Crippen molar-refractivity contribution in [3.05, 3.63) is 364 Å². The molecule has 0 aliphatic carbocycles. The molecule has 12 aromatic carbocycles. The van der Waals surface area contributed by atoms with Gasteiger partial charge in [0.05, 0.1) is 0 Å². The van der Waals surface area contributed by atoms with E-state index in [-0.39, 0.29) is 0 Å². The summed E-state index contributed by atoms with van der Waals surface area (Å²) in [6.07, 6.45) is 0. The van der Waals surface area contributed by atoms with Crippen LogP contribution in [0.3, 0.4) is 0 Å².